The predicted molar refractivity (Wildman–Crippen MR) is 85.6 cm³/mol. The van der Waals surface area contributed by atoms with Crippen LogP contribution in [0, 0.1) is 0 Å². The molecule has 23 heavy (non-hydrogen) atoms. The molecule has 0 saturated heterocycles. The predicted octanol–water partition coefficient (Wildman–Crippen LogP) is -0.511. The highest BCUT2D eigenvalue weighted by molar-refractivity contribution is 5.91. The summed E-state index contributed by atoms with van der Waals surface area (Å²) in [4.78, 5) is 37.2. The van der Waals surface area contributed by atoms with Gasteiger partial charge in [0.05, 0.1) is 11.8 Å². The van der Waals surface area contributed by atoms with Gasteiger partial charge in [0.1, 0.15) is 0 Å². The Morgan fingerprint density at radius 1 is 1.26 bits per heavy atom. The minimum atomic E-state index is -0.438. The minimum absolute atomic E-state index is 0.246. The first kappa shape index (κ1) is 16.5. The average Bonchev–Trinajstić information content (AvgIpc) is 2.92. The number of carbonyl (C=O) groups is 1. The summed E-state index contributed by atoms with van der Waals surface area (Å²) in [6.07, 6.45) is 7.67. The fraction of sp³-hybridized carbons (Fsp3) is 0.333. The van der Waals surface area contributed by atoms with Gasteiger partial charge < -0.3 is 9.47 Å². The molecule has 0 aliphatic carbocycles. The van der Waals surface area contributed by atoms with Gasteiger partial charge in [-0.2, -0.15) is 5.10 Å². The number of amides is 1. The van der Waals surface area contributed by atoms with Crippen LogP contribution in [-0.4, -0.2) is 36.8 Å². The number of aromatic nitrogens is 4. The van der Waals surface area contributed by atoms with Crippen LogP contribution in [0.5, 0.6) is 0 Å². The molecule has 0 N–H and O–H groups in total. The zero-order valence-electron chi connectivity index (χ0n) is 13.6. The summed E-state index contributed by atoms with van der Waals surface area (Å²) >= 11 is 0. The molecule has 0 spiro atoms. The standard InChI is InChI=1S/C15H19N5O3/c1-17(8-11-7-16-19(3)9-11)13(21)6-5-12-10-18(2)15(23)20(4)14(12)22/h5-7,9-10H,8H2,1-4H3/b6-5+. The van der Waals surface area contributed by atoms with Crippen LogP contribution in [0.4, 0.5) is 0 Å². The van der Waals surface area contributed by atoms with Crippen LogP contribution in [0.1, 0.15) is 11.1 Å². The molecule has 1 amide bonds. The van der Waals surface area contributed by atoms with Crippen LogP contribution in [-0.2, 0) is 32.5 Å². The van der Waals surface area contributed by atoms with Gasteiger partial charge in [0.15, 0.2) is 0 Å². The summed E-state index contributed by atoms with van der Waals surface area (Å²) in [5.41, 5.74) is 0.340. The van der Waals surface area contributed by atoms with E-state index in [9.17, 15) is 14.4 Å². The number of likely N-dealkylation sites (N-methyl/N-ethyl adjacent to an activating group) is 1. The van der Waals surface area contributed by atoms with E-state index in [2.05, 4.69) is 5.10 Å². The number of hydrogen-bond acceptors (Lipinski definition) is 4. The first-order valence-electron chi connectivity index (χ1n) is 6.97. The Morgan fingerprint density at radius 2 is 1.96 bits per heavy atom. The molecule has 0 aliphatic rings. The van der Waals surface area contributed by atoms with E-state index in [-0.39, 0.29) is 11.5 Å². The highest BCUT2D eigenvalue weighted by Gasteiger charge is 2.08. The van der Waals surface area contributed by atoms with Crippen LogP contribution in [0.15, 0.2) is 34.3 Å². The van der Waals surface area contributed by atoms with E-state index in [1.54, 1.807) is 32.0 Å². The van der Waals surface area contributed by atoms with Gasteiger partial charge in [0.2, 0.25) is 5.91 Å². The first-order valence-corrected chi connectivity index (χ1v) is 6.97. The Balaban J connectivity index is 2.15. The molecule has 8 nitrogen and oxygen atoms in total. The van der Waals surface area contributed by atoms with Crippen LogP contribution >= 0.6 is 0 Å². The van der Waals surface area contributed by atoms with Crippen molar-refractivity contribution in [2.75, 3.05) is 7.05 Å². The molecular weight excluding hydrogens is 298 g/mol. The zero-order valence-corrected chi connectivity index (χ0v) is 13.6. The molecule has 2 aromatic rings. The van der Waals surface area contributed by atoms with Gasteiger partial charge in [-0.25, -0.2) is 4.79 Å². The van der Waals surface area contributed by atoms with Gasteiger partial charge in [-0.3, -0.25) is 18.8 Å². The highest BCUT2D eigenvalue weighted by Crippen LogP contribution is 2.03. The third-order valence-electron chi connectivity index (χ3n) is 3.43. The lowest BCUT2D eigenvalue weighted by atomic mass is 10.2. The maximum Gasteiger partial charge on any atom is 0.330 e. The minimum Gasteiger partial charge on any atom is -0.338 e. The van der Waals surface area contributed by atoms with Gasteiger partial charge in [-0.05, 0) is 6.08 Å². The highest BCUT2D eigenvalue weighted by atomic mass is 16.2. The van der Waals surface area contributed by atoms with E-state index >= 15 is 0 Å². The second kappa shape index (κ2) is 6.47. The van der Waals surface area contributed by atoms with Crippen molar-refractivity contribution in [3.63, 3.8) is 0 Å². The normalized spacial score (nSPS) is 11.1. The Kier molecular flexibility index (Phi) is 4.63. The lowest BCUT2D eigenvalue weighted by Crippen LogP contribution is -2.37. The van der Waals surface area contributed by atoms with Gasteiger partial charge in [0.25, 0.3) is 5.56 Å². The smallest absolute Gasteiger partial charge is 0.330 e. The van der Waals surface area contributed by atoms with E-state index in [0.717, 1.165) is 10.1 Å². The van der Waals surface area contributed by atoms with E-state index in [1.165, 1.54) is 34.9 Å². The summed E-state index contributed by atoms with van der Waals surface area (Å²) in [6, 6.07) is 0. The molecule has 0 aromatic carbocycles. The van der Waals surface area contributed by atoms with Crippen molar-refractivity contribution in [2.24, 2.45) is 21.1 Å². The third-order valence-corrected chi connectivity index (χ3v) is 3.43. The second-order valence-corrected chi connectivity index (χ2v) is 5.39. The Labute approximate surface area is 132 Å². The average molecular weight is 317 g/mol. The van der Waals surface area contributed by atoms with Crippen molar-refractivity contribution >= 4 is 12.0 Å². The van der Waals surface area contributed by atoms with Gasteiger partial charge >= 0.3 is 5.69 Å². The van der Waals surface area contributed by atoms with Crippen LogP contribution in [0.3, 0.4) is 0 Å². The van der Waals surface area contributed by atoms with E-state index in [4.69, 9.17) is 0 Å². The lowest BCUT2D eigenvalue weighted by Gasteiger charge is -2.13. The molecule has 2 aromatic heterocycles. The molecule has 2 heterocycles. The molecule has 8 heteroatoms. The molecule has 122 valence electrons. The zero-order chi connectivity index (χ0) is 17.1. The lowest BCUT2D eigenvalue weighted by molar-refractivity contribution is -0.125. The number of carbonyl (C=O) groups excluding carboxylic acids is 1. The van der Waals surface area contributed by atoms with Crippen molar-refractivity contribution in [3.8, 4) is 0 Å². The fourth-order valence-electron chi connectivity index (χ4n) is 2.14. The number of nitrogens with zero attached hydrogens (tertiary/aromatic N) is 5. The maximum atomic E-state index is 12.1. The molecule has 0 aliphatic heterocycles. The van der Waals surface area contributed by atoms with Gasteiger partial charge in [-0.1, -0.05) is 0 Å². The Bertz CT molecular complexity index is 872. The summed E-state index contributed by atoms with van der Waals surface area (Å²) in [6.45, 7) is 0.419. The first-order chi connectivity index (χ1) is 10.8. The molecule has 2 rings (SSSR count). The molecule has 0 unspecified atom stereocenters. The number of rotatable bonds is 4. The van der Waals surface area contributed by atoms with Crippen molar-refractivity contribution in [1.29, 1.82) is 0 Å². The van der Waals surface area contributed by atoms with Crippen LogP contribution in [0.25, 0.3) is 6.08 Å². The van der Waals surface area contributed by atoms with Crippen LogP contribution < -0.4 is 11.2 Å². The quantitative estimate of drug-likeness (QED) is 0.711. The second-order valence-electron chi connectivity index (χ2n) is 5.39. The molecule has 0 fully saturated rings. The van der Waals surface area contributed by atoms with Crippen molar-refractivity contribution in [3.05, 3.63) is 56.6 Å². The molecule has 0 radical (unpaired) electrons. The largest absolute Gasteiger partial charge is 0.338 e. The number of hydrogen-bond donors (Lipinski definition) is 0. The van der Waals surface area contributed by atoms with Crippen molar-refractivity contribution in [1.82, 2.24) is 23.8 Å². The molecule has 0 atom stereocenters. The Morgan fingerprint density at radius 3 is 2.57 bits per heavy atom. The molecular formula is C15H19N5O3. The number of aryl methyl sites for hydroxylation is 2. The summed E-state index contributed by atoms with van der Waals surface area (Å²) in [7, 11) is 6.42. The third kappa shape index (κ3) is 3.65. The van der Waals surface area contributed by atoms with Gasteiger partial charge in [0, 0.05) is 58.8 Å². The SMILES string of the molecule is CN(Cc1cnn(C)c1)C(=O)/C=C/c1cn(C)c(=O)n(C)c1=O. The Hall–Kier alpha value is -2.90. The molecule has 0 saturated carbocycles. The van der Waals surface area contributed by atoms with Crippen LogP contribution in [0.2, 0.25) is 0 Å². The summed E-state index contributed by atoms with van der Waals surface area (Å²) in [5.74, 6) is -0.246. The fourth-order valence-corrected chi connectivity index (χ4v) is 2.14. The van der Waals surface area contributed by atoms with Crippen molar-refractivity contribution < 1.29 is 4.79 Å². The maximum absolute atomic E-state index is 12.1. The van der Waals surface area contributed by atoms with E-state index < -0.39 is 11.2 Å². The van der Waals surface area contributed by atoms with Gasteiger partial charge in [-0.15, -0.1) is 0 Å². The monoisotopic (exact) mass is 317 g/mol. The van der Waals surface area contributed by atoms with E-state index in [1.807, 2.05) is 6.20 Å². The van der Waals surface area contributed by atoms with Crippen molar-refractivity contribution in [2.45, 2.75) is 6.54 Å². The van der Waals surface area contributed by atoms with E-state index in [0.29, 0.717) is 6.54 Å². The summed E-state index contributed by atoms with van der Waals surface area (Å²) < 4.78 is 3.96. The summed E-state index contributed by atoms with van der Waals surface area (Å²) in [5, 5.41) is 4.05. The topological polar surface area (TPSA) is 82.1 Å². The molecule has 0 bridgehead atoms.